The standard InChI is InChI=1S/C17H22BrN5O2S2/c18-14-4-3-7-19-15(14)13-26-10-8-21-16(12-23(24)25)20-6-2-1-5-17-22-9-11-27-17/h3-4,7,9,11-12,20-21H,1-2,5-6,8,10,13H2. The fraction of sp³-hybridized carbons (Fsp3) is 0.412. The number of unbranched alkanes of at least 4 members (excludes halogenated alkanes) is 1. The number of hydrogen-bond donors (Lipinski definition) is 2. The van der Waals surface area contributed by atoms with Gasteiger partial charge in [-0.05, 0) is 47.3 Å². The molecule has 7 nitrogen and oxygen atoms in total. The number of aromatic nitrogens is 2. The van der Waals surface area contributed by atoms with Gasteiger partial charge in [0.15, 0.2) is 5.82 Å². The van der Waals surface area contributed by atoms with Gasteiger partial charge in [-0.15, -0.1) is 11.3 Å². The number of thiazole rings is 1. The molecular formula is C17H22BrN5O2S2. The smallest absolute Gasteiger partial charge is 0.274 e. The van der Waals surface area contributed by atoms with Gasteiger partial charge in [0.1, 0.15) is 0 Å². The van der Waals surface area contributed by atoms with E-state index in [2.05, 4.69) is 36.5 Å². The lowest BCUT2D eigenvalue weighted by Crippen LogP contribution is -2.29. The maximum Gasteiger partial charge on any atom is 0.274 e. The first kappa shape index (κ1) is 21.6. The number of aryl methyl sites for hydroxylation is 1. The predicted molar refractivity (Wildman–Crippen MR) is 114 cm³/mol. The molecule has 0 aliphatic rings. The molecule has 0 bridgehead atoms. The molecule has 0 atom stereocenters. The molecule has 2 rings (SSSR count). The molecule has 146 valence electrons. The molecule has 0 aromatic carbocycles. The van der Waals surface area contributed by atoms with Crippen LogP contribution in [-0.4, -0.2) is 33.7 Å². The zero-order valence-electron chi connectivity index (χ0n) is 14.8. The minimum Gasteiger partial charge on any atom is -0.367 e. The van der Waals surface area contributed by atoms with E-state index in [9.17, 15) is 10.1 Å². The number of nitrogens with zero attached hydrogens (tertiary/aromatic N) is 3. The Balaban J connectivity index is 1.62. The second kappa shape index (κ2) is 12.7. The lowest BCUT2D eigenvalue weighted by molar-refractivity contribution is -0.404. The number of pyridine rings is 1. The van der Waals surface area contributed by atoms with Crippen molar-refractivity contribution in [2.24, 2.45) is 0 Å². The third-order valence-electron chi connectivity index (χ3n) is 3.49. The highest BCUT2D eigenvalue weighted by Gasteiger charge is 2.04. The van der Waals surface area contributed by atoms with Crippen LogP contribution in [0.2, 0.25) is 0 Å². The average Bonchev–Trinajstić information content (AvgIpc) is 3.15. The highest BCUT2D eigenvalue weighted by atomic mass is 79.9. The molecule has 2 aromatic heterocycles. The van der Waals surface area contributed by atoms with Crippen molar-refractivity contribution in [3.05, 3.63) is 67.2 Å². The van der Waals surface area contributed by atoms with Crippen LogP contribution in [0.1, 0.15) is 23.5 Å². The quantitative estimate of drug-likeness (QED) is 0.260. The van der Waals surface area contributed by atoms with Crippen molar-refractivity contribution >= 4 is 39.0 Å². The normalized spacial score (nSPS) is 11.4. The van der Waals surface area contributed by atoms with E-state index in [4.69, 9.17) is 0 Å². The van der Waals surface area contributed by atoms with Crippen molar-refractivity contribution < 1.29 is 4.92 Å². The molecule has 27 heavy (non-hydrogen) atoms. The minimum atomic E-state index is -0.441. The molecule has 0 spiro atoms. The molecule has 0 amide bonds. The molecule has 0 fully saturated rings. The van der Waals surface area contributed by atoms with Crippen molar-refractivity contribution in [1.29, 1.82) is 0 Å². The van der Waals surface area contributed by atoms with E-state index in [0.717, 1.165) is 52.1 Å². The predicted octanol–water partition coefficient (Wildman–Crippen LogP) is 3.81. The first-order chi connectivity index (χ1) is 13.1. The molecule has 0 saturated heterocycles. The monoisotopic (exact) mass is 471 g/mol. The van der Waals surface area contributed by atoms with Crippen LogP contribution in [0.15, 0.2) is 46.4 Å². The highest BCUT2D eigenvalue weighted by Crippen LogP contribution is 2.18. The summed E-state index contributed by atoms with van der Waals surface area (Å²) < 4.78 is 0.999. The maximum atomic E-state index is 10.8. The summed E-state index contributed by atoms with van der Waals surface area (Å²) in [4.78, 5) is 18.9. The second-order valence-corrected chi connectivity index (χ2v) is 8.49. The van der Waals surface area contributed by atoms with Crippen LogP contribution in [0.25, 0.3) is 0 Å². The second-order valence-electron chi connectivity index (χ2n) is 5.55. The first-order valence-electron chi connectivity index (χ1n) is 8.53. The number of thioether (sulfide) groups is 1. The van der Waals surface area contributed by atoms with Gasteiger partial charge in [-0.1, -0.05) is 0 Å². The van der Waals surface area contributed by atoms with Crippen molar-refractivity contribution in [1.82, 2.24) is 20.6 Å². The Kier molecular flexibility index (Phi) is 10.2. The molecule has 0 aliphatic carbocycles. The lowest BCUT2D eigenvalue weighted by atomic mass is 10.2. The fourth-order valence-corrected chi connectivity index (χ4v) is 4.27. The van der Waals surface area contributed by atoms with Gasteiger partial charge >= 0.3 is 0 Å². The van der Waals surface area contributed by atoms with E-state index >= 15 is 0 Å². The molecule has 0 aliphatic heterocycles. The zero-order chi connectivity index (χ0) is 19.3. The Morgan fingerprint density at radius 2 is 2.15 bits per heavy atom. The summed E-state index contributed by atoms with van der Waals surface area (Å²) >= 11 is 6.86. The van der Waals surface area contributed by atoms with Crippen molar-refractivity contribution in [2.75, 3.05) is 18.8 Å². The first-order valence-corrected chi connectivity index (χ1v) is 11.4. The van der Waals surface area contributed by atoms with E-state index in [-0.39, 0.29) is 0 Å². The summed E-state index contributed by atoms with van der Waals surface area (Å²) in [6.07, 6.45) is 7.45. The van der Waals surface area contributed by atoms with Crippen LogP contribution in [-0.2, 0) is 12.2 Å². The molecule has 10 heteroatoms. The number of nitrogens with one attached hydrogen (secondary N) is 2. The Labute approximate surface area is 175 Å². The summed E-state index contributed by atoms with van der Waals surface area (Å²) in [5, 5.41) is 20.1. The molecule has 2 aromatic rings. The van der Waals surface area contributed by atoms with Gasteiger partial charge in [-0.3, -0.25) is 15.1 Å². The summed E-state index contributed by atoms with van der Waals surface area (Å²) in [6.45, 7) is 1.33. The van der Waals surface area contributed by atoms with Gasteiger partial charge in [0.05, 0.1) is 15.6 Å². The Bertz CT molecular complexity index is 728. The Morgan fingerprint density at radius 3 is 2.89 bits per heavy atom. The zero-order valence-corrected chi connectivity index (χ0v) is 18.0. The number of nitro groups is 1. The Morgan fingerprint density at radius 1 is 1.30 bits per heavy atom. The summed E-state index contributed by atoms with van der Waals surface area (Å²) in [7, 11) is 0. The van der Waals surface area contributed by atoms with Crippen molar-refractivity contribution in [3.8, 4) is 0 Å². The summed E-state index contributed by atoms with van der Waals surface area (Å²) in [5.41, 5.74) is 1.00. The van der Waals surface area contributed by atoms with Crippen LogP contribution in [0.5, 0.6) is 0 Å². The van der Waals surface area contributed by atoms with E-state index < -0.39 is 4.92 Å². The molecular weight excluding hydrogens is 450 g/mol. The summed E-state index contributed by atoms with van der Waals surface area (Å²) in [6, 6.07) is 3.86. The number of rotatable bonds is 13. The lowest BCUT2D eigenvalue weighted by Gasteiger charge is -2.11. The molecule has 2 N–H and O–H groups in total. The van der Waals surface area contributed by atoms with E-state index in [1.54, 1.807) is 29.3 Å². The topological polar surface area (TPSA) is 93.0 Å². The molecule has 2 heterocycles. The van der Waals surface area contributed by atoms with Crippen molar-refractivity contribution in [3.63, 3.8) is 0 Å². The number of hydrogen-bond acceptors (Lipinski definition) is 8. The average molecular weight is 472 g/mol. The third kappa shape index (κ3) is 9.21. The van der Waals surface area contributed by atoms with Gasteiger partial charge in [0.2, 0.25) is 0 Å². The van der Waals surface area contributed by atoms with E-state index in [0.29, 0.717) is 18.9 Å². The number of halogens is 1. The van der Waals surface area contributed by atoms with E-state index in [1.807, 2.05) is 23.7 Å². The summed E-state index contributed by atoms with van der Waals surface area (Å²) in [5.74, 6) is 2.07. The van der Waals surface area contributed by atoms with Crippen LogP contribution < -0.4 is 10.6 Å². The molecule has 0 saturated carbocycles. The maximum absolute atomic E-state index is 10.8. The van der Waals surface area contributed by atoms with Gasteiger partial charge < -0.3 is 10.6 Å². The molecule has 0 radical (unpaired) electrons. The van der Waals surface area contributed by atoms with Crippen LogP contribution >= 0.6 is 39.0 Å². The van der Waals surface area contributed by atoms with Gasteiger partial charge in [0.25, 0.3) is 6.20 Å². The van der Waals surface area contributed by atoms with Gasteiger partial charge in [-0.25, -0.2) is 4.98 Å². The van der Waals surface area contributed by atoms with E-state index in [1.165, 1.54) is 0 Å². The fourth-order valence-electron chi connectivity index (χ4n) is 2.21. The van der Waals surface area contributed by atoms with Gasteiger partial charge in [0, 0.05) is 46.8 Å². The SMILES string of the molecule is O=[N+]([O-])C=C(NCCCCc1nccs1)NCCSCc1ncccc1Br. The minimum absolute atomic E-state index is 0.441. The van der Waals surface area contributed by atoms with Crippen LogP contribution in [0, 0.1) is 10.1 Å². The molecule has 0 unspecified atom stereocenters. The Hall–Kier alpha value is -1.65. The van der Waals surface area contributed by atoms with Crippen molar-refractivity contribution in [2.45, 2.75) is 25.0 Å². The highest BCUT2D eigenvalue weighted by molar-refractivity contribution is 9.10. The van der Waals surface area contributed by atoms with Crippen LogP contribution in [0.3, 0.4) is 0 Å². The van der Waals surface area contributed by atoms with Gasteiger partial charge in [-0.2, -0.15) is 11.8 Å². The largest absolute Gasteiger partial charge is 0.367 e. The van der Waals surface area contributed by atoms with Crippen LogP contribution in [0.4, 0.5) is 0 Å². The third-order valence-corrected chi connectivity index (χ3v) is 6.02.